The Kier molecular flexibility index (Phi) is 4.82. The van der Waals surface area contributed by atoms with E-state index < -0.39 is 6.36 Å². The fourth-order valence-corrected chi connectivity index (χ4v) is 2.22. The maximum absolute atomic E-state index is 12.2. The Bertz CT molecular complexity index is 632. The van der Waals surface area contributed by atoms with E-state index in [2.05, 4.69) is 30.6 Å². The molecule has 7 heteroatoms. The zero-order chi connectivity index (χ0) is 15.5. The van der Waals surface area contributed by atoms with Crippen LogP contribution in [-0.2, 0) is 6.42 Å². The van der Waals surface area contributed by atoms with Crippen LogP contribution in [0.1, 0.15) is 19.2 Å². The average Bonchev–Trinajstić information content (AvgIpc) is 2.36. The van der Waals surface area contributed by atoms with E-state index in [1.54, 1.807) is 12.1 Å². The molecular formula is C14H12BrF3N2O. The molecular weight excluding hydrogens is 349 g/mol. The third-order valence-corrected chi connectivity index (χ3v) is 2.98. The molecule has 2 rings (SSSR count). The molecule has 2 aromatic rings. The third-order valence-electron chi connectivity index (χ3n) is 2.58. The van der Waals surface area contributed by atoms with Crippen LogP contribution in [0.15, 0.2) is 34.9 Å². The highest BCUT2D eigenvalue weighted by atomic mass is 79.9. The van der Waals surface area contributed by atoms with Crippen molar-refractivity contribution in [1.82, 2.24) is 9.97 Å². The van der Waals surface area contributed by atoms with Gasteiger partial charge in [0.15, 0.2) is 0 Å². The highest BCUT2D eigenvalue weighted by Crippen LogP contribution is 2.28. The quantitative estimate of drug-likeness (QED) is 0.737. The van der Waals surface area contributed by atoms with Crippen molar-refractivity contribution in [3.8, 4) is 17.0 Å². The number of nitrogens with zero attached hydrogens (tertiary/aromatic N) is 2. The van der Waals surface area contributed by atoms with Crippen LogP contribution in [0.5, 0.6) is 5.75 Å². The maximum Gasteiger partial charge on any atom is 0.573 e. The highest BCUT2D eigenvalue weighted by Gasteiger charge is 2.31. The lowest BCUT2D eigenvalue weighted by Crippen LogP contribution is -2.17. The predicted molar refractivity (Wildman–Crippen MR) is 75.8 cm³/mol. The topological polar surface area (TPSA) is 35.0 Å². The van der Waals surface area contributed by atoms with Gasteiger partial charge in [-0.25, -0.2) is 9.97 Å². The molecule has 0 spiro atoms. The lowest BCUT2D eigenvalue weighted by molar-refractivity contribution is -0.274. The molecule has 3 nitrogen and oxygen atoms in total. The number of rotatable bonds is 4. The first-order valence-electron chi connectivity index (χ1n) is 6.27. The molecule has 0 amide bonds. The predicted octanol–water partition coefficient (Wildman–Crippen LogP) is 4.76. The van der Waals surface area contributed by atoms with Gasteiger partial charge in [-0.15, -0.1) is 13.2 Å². The van der Waals surface area contributed by atoms with E-state index in [1.807, 2.05) is 6.92 Å². The van der Waals surface area contributed by atoms with Crippen molar-refractivity contribution in [1.29, 1.82) is 0 Å². The van der Waals surface area contributed by atoms with Gasteiger partial charge in [-0.1, -0.05) is 19.1 Å². The molecule has 0 aliphatic carbocycles. The van der Waals surface area contributed by atoms with Gasteiger partial charge in [0.25, 0.3) is 0 Å². The summed E-state index contributed by atoms with van der Waals surface area (Å²) in [7, 11) is 0. The molecule has 0 unspecified atom stereocenters. The second kappa shape index (κ2) is 6.43. The van der Waals surface area contributed by atoms with Crippen molar-refractivity contribution in [2.45, 2.75) is 26.1 Å². The minimum absolute atomic E-state index is 0.272. The van der Waals surface area contributed by atoms with Gasteiger partial charge in [0, 0.05) is 12.0 Å². The average molecular weight is 361 g/mol. The van der Waals surface area contributed by atoms with E-state index in [9.17, 15) is 13.2 Å². The highest BCUT2D eigenvalue weighted by molar-refractivity contribution is 9.10. The standard InChI is InChI=1S/C14H12BrF3N2O/c1-2-4-13-19-11(8-12(15)20-13)9-5-3-6-10(7-9)21-14(16,17)18/h3,5-8H,2,4H2,1H3. The number of hydrogen-bond acceptors (Lipinski definition) is 3. The summed E-state index contributed by atoms with van der Waals surface area (Å²) in [6.45, 7) is 2.00. The summed E-state index contributed by atoms with van der Waals surface area (Å²) < 4.78 is 41.3. The van der Waals surface area contributed by atoms with E-state index in [1.165, 1.54) is 18.2 Å². The first-order chi connectivity index (χ1) is 9.87. The lowest BCUT2D eigenvalue weighted by Gasteiger charge is -2.10. The Morgan fingerprint density at radius 3 is 2.62 bits per heavy atom. The Hall–Kier alpha value is -1.63. The van der Waals surface area contributed by atoms with Gasteiger partial charge in [0.1, 0.15) is 16.2 Å². The van der Waals surface area contributed by atoms with Gasteiger partial charge >= 0.3 is 6.36 Å². The molecule has 0 fully saturated rings. The number of halogens is 4. The van der Waals surface area contributed by atoms with Crippen molar-refractivity contribution in [2.75, 3.05) is 0 Å². The van der Waals surface area contributed by atoms with Crippen molar-refractivity contribution in [3.05, 3.63) is 40.8 Å². The molecule has 112 valence electrons. The van der Waals surface area contributed by atoms with Crippen LogP contribution in [0.25, 0.3) is 11.3 Å². The Balaban J connectivity index is 2.35. The summed E-state index contributed by atoms with van der Waals surface area (Å²) in [6, 6.07) is 7.38. The van der Waals surface area contributed by atoms with Crippen molar-refractivity contribution < 1.29 is 17.9 Å². The van der Waals surface area contributed by atoms with Crippen molar-refractivity contribution in [2.24, 2.45) is 0 Å². The molecule has 1 aromatic heterocycles. The summed E-state index contributed by atoms with van der Waals surface area (Å²) >= 11 is 3.29. The molecule has 0 aliphatic heterocycles. The van der Waals surface area contributed by atoms with Gasteiger partial charge in [0.2, 0.25) is 0 Å². The van der Waals surface area contributed by atoms with E-state index in [-0.39, 0.29) is 5.75 Å². The second-order valence-corrected chi connectivity index (χ2v) is 5.13. The molecule has 1 heterocycles. The molecule has 0 aliphatic rings. The summed E-state index contributed by atoms with van der Waals surface area (Å²) in [5.41, 5.74) is 1.09. The zero-order valence-corrected chi connectivity index (χ0v) is 12.7. The normalized spacial score (nSPS) is 11.5. The summed E-state index contributed by atoms with van der Waals surface area (Å²) in [6.07, 6.45) is -3.13. The molecule has 1 aromatic carbocycles. The number of aryl methyl sites for hydroxylation is 1. The monoisotopic (exact) mass is 360 g/mol. The zero-order valence-electron chi connectivity index (χ0n) is 11.1. The maximum atomic E-state index is 12.2. The third kappa shape index (κ3) is 4.70. The second-order valence-electron chi connectivity index (χ2n) is 4.32. The first kappa shape index (κ1) is 15.8. The smallest absolute Gasteiger partial charge is 0.406 e. The molecule has 21 heavy (non-hydrogen) atoms. The van der Waals surface area contributed by atoms with Gasteiger partial charge in [-0.05, 0) is 40.5 Å². The van der Waals surface area contributed by atoms with Gasteiger partial charge < -0.3 is 4.74 Å². The van der Waals surface area contributed by atoms with E-state index in [0.29, 0.717) is 28.1 Å². The summed E-state index contributed by atoms with van der Waals surface area (Å²) in [4.78, 5) is 8.58. The van der Waals surface area contributed by atoms with E-state index >= 15 is 0 Å². The number of benzene rings is 1. The first-order valence-corrected chi connectivity index (χ1v) is 7.06. The number of alkyl halides is 3. The lowest BCUT2D eigenvalue weighted by atomic mass is 10.1. The Morgan fingerprint density at radius 2 is 1.95 bits per heavy atom. The number of ether oxygens (including phenoxy) is 1. The minimum atomic E-state index is -4.71. The minimum Gasteiger partial charge on any atom is -0.406 e. The van der Waals surface area contributed by atoms with Crippen molar-refractivity contribution >= 4 is 15.9 Å². The molecule has 0 saturated heterocycles. The molecule has 0 N–H and O–H groups in total. The van der Waals surface area contributed by atoms with Crippen LogP contribution in [0, 0.1) is 0 Å². The van der Waals surface area contributed by atoms with Crippen LogP contribution < -0.4 is 4.74 Å². The summed E-state index contributed by atoms with van der Waals surface area (Å²) in [5.74, 6) is 0.371. The molecule has 0 radical (unpaired) electrons. The number of aromatic nitrogens is 2. The van der Waals surface area contributed by atoms with Gasteiger partial charge in [0.05, 0.1) is 5.69 Å². The van der Waals surface area contributed by atoms with E-state index in [0.717, 1.165) is 6.42 Å². The van der Waals surface area contributed by atoms with Gasteiger partial charge in [-0.3, -0.25) is 0 Å². The van der Waals surface area contributed by atoms with Crippen LogP contribution in [-0.4, -0.2) is 16.3 Å². The molecule has 0 saturated carbocycles. The molecule has 0 atom stereocenters. The fraction of sp³-hybridized carbons (Fsp3) is 0.286. The van der Waals surface area contributed by atoms with Crippen LogP contribution in [0.3, 0.4) is 0 Å². The Labute approximate surface area is 128 Å². The number of hydrogen-bond donors (Lipinski definition) is 0. The fourth-order valence-electron chi connectivity index (χ4n) is 1.80. The SMILES string of the molecule is CCCc1nc(Br)cc(-c2cccc(OC(F)(F)F)c2)n1. The van der Waals surface area contributed by atoms with Crippen LogP contribution >= 0.6 is 15.9 Å². The van der Waals surface area contributed by atoms with Crippen LogP contribution in [0.4, 0.5) is 13.2 Å². The van der Waals surface area contributed by atoms with Crippen LogP contribution in [0.2, 0.25) is 0 Å². The molecule has 0 bridgehead atoms. The van der Waals surface area contributed by atoms with Gasteiger partial charge in [-0.2, -0.15) is 0 Å². The Morgan fingerprint density at radius 1 is 1.19 bits per heavy atom. The van der Waals surface area contributed by atoms with E-state index in [4.69, 9.17) is 0 Å². The van der Waals surface area contributed by atoms with Crippen molar-refractivity contribution in [3.63, 3.8) is 0 Å². The summed E-state index contributed by atoms with van der Waals surface area (Å²) in [5, 5.41) is 0. The largest absolute Gasteiger partial charge is 0.573 e.